The number of fused-ring (bicyclic) bond motifs is 2. The number of nitrogens with one attached hydrogen (secondary N) is 1. The number of aryl methyl sites for hydroxylation is 3. The van der Waals surface area contributed by atoms with Crippen LogP contribution in [0.2, 0.25) is 0 Å². The molecule has 0 fully saturated rings. The van der Waals surface area contributed by atoms with Gasteiger partial charge in [-0.2, -0.15) is 0 Å². The van der Waals surface area contributed by atoms with Crippen LogP contribution in [0.3, 0.4) is 0 Å². The number of nitrogens with zero attached hydrogens (tertiary/aromatic N) is 2. The van der Waals surface area contributed by atoms with Gasteiger partial charge in [0.25, 0.3) is 0 Å². The van der Waals surface area contributed by atoms with E-state index >= 15 is 0 Å². The topological polar surface area (TPSA) is 37.8 Å². The highest BCUT2D eigenvalue weighted by atomic mass is 32.1. The van der Waals surface area contributed by atoms with Gasteiger partial charge in [-0.3, -0.25) is 4.98 Å². The molecule has 5 rings (SSSR count). The van der Waals surface area contributed by atoms with Crippen LogP contribution in [-0.4, -0.2) is 9.97 Å². The summed E-state index contributed by atoms with van der Waals surface area (Å²) >= 11 is 1.70. The third-order valence-electron chi connectivity index (χ3n) is 6.48. The third kappa shape index (κ3) is 4.83. The lowest BCUT2D eigenvalue weighted by Gasteiger charge is -2.12. The molecule has 4 aromatic rings. The van der Waals surface area contributed by atoms with E-state index in [4.69, 9.17) is 9.97 Å². The van der Waals surface area contributed by atoms with Gasteiger partial charge in [-0.15, -0.1) is 0 Å². The Morgan fingerprint density at radius 1 is 1.06 bits per heavy atom. The maximum Gasteiger partial charge on any atom is 0.188 e. The van der Waals surface area contributed by atoms with E-state index in [0.29, 0.717) is 0 Å². The second-order valence-corrected chi connectivity index (χ2v) is 10.1. The second-order valence-electron chi connectivity index (χ2n) is 9.07. The van der Waals surface area contributed by atoms with Crippen LogP contribution in [0, 0.1) is 6.92 Å². The van der Waals surface area contributed by atoms with Crippen molar-refractivity contribution in [1.82, 2.24) is 9.97 Å². The van der Waals surface area contributed by atoms with Crippen molar-refractivity contribution in [2.45, 2.75) is 52.4 Å². The van der Waals surface area contributed by atoms with E-state index in [1.165, 1.54) is 41.5 Å². The molecule has 0 saturated heterocycles. The lowest BCUT2D eigenvalue weighted by atomic mass is 9.94. The standard InChI is InChI=1S/C30H31N3S/c1-4-5-6-12-26(21(3)27-13-7-9-20(2)31-27)24-15-17-29-28(19-24)33-30(34-29)32-25-16-14-22-10-8-11-23(22)18-25/h7,9,12-19H,3-6,8,10-11H2,1-2H3,(H,32,33)/b26-12+. The summed E-state index contributed by atoms with van der Waals surface area (Å²) in [5.74, 6) is 0. The minimum atomic E-state index is 0.931. The second kappa shape index (κ2) is 9.94. The molecule has 2 heterocycles. The molecule has 1 aliphatic carbocycles. The number of hydrogen-bond acceptors (Lipinski definition) is 4. The Bertz CT molecular complexity index is 1380. The van der Waals surface area contributed by atoms with E-state index in [9.17, 15) is 0 Å². The zero-order chi connectivity index (χ0) is 23.5. The summed E-state index contributed by atoms with van der Waals surface area (Å²) in [7, 11) is 0. The number of pyridine rings is 1. The van der Waals surface area contributed by atoms with Gasteiger partial charge in [-0.1, -0.05) is 62.0 Å². The van der Waals surface area contributed by atoms with Crippen LogP contribution in [0.5, 0.6) is 0 Å². The Morgan fingerprint density at radius 3 is 2.79 bits per heavy atom. The summed E-state index contributed by atoms with van der Waals surface area (Å²) in [5.41, 5.74) is 10.3. The first kappa shape index (κ1) is 22.5. The maximum absolute atomic E-state index is 4.92. The van der Waals surface area contributed by atoms with Crippen molar-refractivity contribution in [2.75, 3.05) is 5.32 Å². The lowest BCUT2D eigenvalue weighted by Crippen LogP contribution is -1.95. The predicted molar refractivity (Wildman–Crippen MR) is 147 cm³/mol. The average Bonchev–Trinajstić information content (AvgIpc) is 3.47. The fourth-order valence-electron chi connectivity index (χ4n) is 4.64. The molecule has 4 heteroatoms. The fraction of sp³-hybridized carbons (Fsp3) is 0.267. The number of anilines is 2. The first-order valence-corrected chi connectivity index (χ1v) is 13.1. The molecule has 3 nitrogen and oxygen atoms in total. The summed E-state index contributed by atoms with van der Waals surface area (Å²) in [4.78, 5) is 9.64. The van der Waals surface area contributed by atoms with Crippen LogP contribution >= 0.6 is 11.3 Å². The summed E-state index contributed by atoms with van der Waals surface area (Å²) in [6, 6.07) is 19.4. The molecule has 2 aromatic carbocycles. The molecule has 1 aliphatic rings. The summed E-state index contributed by atoms with van der Waals surface area (Å²) in [6.45, 7) is 8.68. The molecule has 0 unspecified atom stereocenters. The molecular weight excluding hydrogens is 434 g/mol. The SMILES string of the molecule is C=C(/C(=C\CCCC)c1ccc2sc(Nc3ccc4c(c3)CCC4)nc2c1)c1cccc(C)n1. The molecule has 34 heavy (non-hydrogen) atoms. The smallest absolute Gasteiger partial charge is 0.188 e. The van der Waals surface area contributed by atoms with E-state index in [0.717, 1.165) is 57.3 Å². The molecule has 0 bridgehead atoms. The van der Waals surface area contributed by atoms with Crippen molar-refractivity contribution in [1.29, 1.82) is 0 Å². The normalized spacial score (nSPS) is 13.3. The van der Waals surface area contributed by atoms with Crippen LogP contribution in [0.25, 0.3) is 21.4 Å². The molecule has 0 atom stereocenters. The van der Waals surface area contributed by atoms with Crippen LogP contribution in [0.4, 0.5) is 10.8 Å². The minimum absolute atomic E-state index is 0.931. The van der Waals surface area contributed by atoms with Crippen molar-refractivity contribution >= 4 is 43.5 Å². The minimum Gasteiger partial charge on any atom is -0.332 e. The Hall–Kier alpha value is -3.24. The molecule has 0 amide bonds. The quantitative estimate of drug-likeness (QED) is 0.209. The van der Waals surface area contributed by atoms with Gasteiger partial charge in [0.05, 0.1) is 15.9 Å². The lowest BCUT2D eigenvalue weighted by molar-refractivity contribution is 0.816. The van der Waals surface area contributed by atoms with Gasteiger partial charge in [-0.25, -0.2) is 4.98 Å². The molecule has 2 aromatic heterocycles. The van der Waals surface area contributed by atoms with Crippen molar-refractivity contribution in [3.63, 3.8) is 0 Å². The van der Waals surface area contributed by atoms with E-state index in [1.54, 1.807) is 11.3 Å². The largest absolute Gasteiger partial charge is 0.332 e. The van der Waals surface area contributed by atoms with Gasteiger partial charge in [-0.05, 0) is 91.3 Å². The molecule has 1 N–H and O–H groups in total. The van der Waals surface area contributed by atoms with Gasteiger partial charge in [0.2, 0.25) is 0 Å². The summed E-state index contributed by atoms with van der Waals surface area (Å²) < 4.78 is 1.18. The Labute approximate surface area is 206 Å². The van der Waals surface area contributed by atoms with Crippen molar-refractivity contribution in [2.24, 2.45) is 0 Å². The van der Waals surface area contributed by atoms with E-state index in [-0.39, 0.29) is 0 Å². The van der Waals surface area contributed by atoms with E-state index in [1.807, 2.05) is 25.1 Å². The molecule has 0 saturated carbocycles. The number of benzene rings is 2. The zero-order valence-electron chi connectivity index (χ0n) is 20.0. The first-order chi connectivity index (χ1) is 16.6. The number of allylic oxidation sites excluding steroid dienone is 3. The molecule has 172 valence electrons. The summed E-state index contributed by atoms with van der Waals surface area (Å²) in [6.07, 6.45) is 9.32. The molecule has 0 aliphatic heterocycles. The average molecular weight is 466 g/mol. The zero-order valence-corrected chi connectivity index (χ0v) is 20.8. The highest BCUT2D eigenvalue weighted by Gasteiger charge is 2.14. The van der Waals surface area contributed by atoms with Gasteiger partial charge < -0.3 is 5.32 Å². The molecule has 0 radical (unpaired) electrons. The Kier molecular flexibility index (Phi) is 6.59. The van der Waals surface area contributed by atoms with Crippen LogP contribution < -0.4 is 5.32 Å². The Morgan fingerprint density at radius 2 is 1.94 bits per heavy atom. The van der Waals surface area contributed by atoms with Crippen LogP contribution in [-0.2, 0) is 12.8 Å². The van der Waals surface area contributed by atoms with Gasteiger partial charge >= 0.3 is 0 Å². The monoisotopic (exact) mass is 465 g/mol. The van der Waals surface area contributed by atoms with Crippen LogP contribution in [0.15, 0.2) is 67.3 Å². The maximum atomic E-state index is 4.92. The summed E-state index contributed by atoms with van der Waals surface area (Å²) in [5, 5.41) is 4.47. The number of aromatic nitrogens is 2. The van der Waals surface area contributed by atoms with Gasteiger partial charge in [0, 0.05) is 17.0 Å². The number of rotatable bonds is 8. The van der Waals surface area contributed by atoms with Crippen LogP contribution in [0.1, 0.15) is 60.7 Å². The predicted octanol–water partition coefficient (Wildman–Crippen LogP) is 8.52. The van der Waals surface area contributed by atoms with Crippen molar-refractivity contribution in [3.05, 3.63) is 95.3 Å². The molecule has 0 spiro atoms. The van der Waals surface area contributed by atoms with Crippen molar-refractivity contribution < 1.29 is 0 Å². The molecular formula is C30H31N3S. The number of hydrogen-bond donors (Lipinski definition) is 1. The Balaban J connectivity index is 1.45. The van der Waals surface area contributed by atoms with E-state index < -0.39 is 0 Å². The van der Waals surface area contributed by atoms with Gasteiger partial charge in [0.1, 0.15) is 0 Å². The van der Waals surface area contributed by atoms with E-state index in [2.05, 4.69) is 61.3 Å². The third-order valence-corrected chi connectivity index (χ3v) is 7.43. The number of unbranched alkanes of at least 4 members (excludes halogenated alkanes) is 2. The van der Waals surface area contributed by atoms with Crippen molar-refractivity contribution in [3.8, 4) is 0 Å². The highest BCUT2D eigenvalue weighted by Crippen LogP contribution is 2.35. The number of thiazole rings is 1. The highest BCUT2D eigenvalue weighted by molar-refractivity contribution is 7.22. The fourth-order valence-corrected chi connectivity index (χ4v) is 5.50. The first-order valence-electron chi connectivity index (χ1n) is 12.2. The van der Waals surface area contributed by atoms with Gasteiger partial charge in [0.15, 0.2) is 5.13 Å².